The molecule has 0 fully saturated rings. The normalized spacial score (nSPS) is 12.9. The van der Waals surface area contributed by atoms with Crippen molar-refractivity contribution in [1.29, 1.82) is 5.26 Å². The highest BCUT2D eigenvalue weighted by Gasteiger charge is 2.09. The van der Waals surface area contributed by atoms with Gasteiger partial charge in [0, 0.05) is 7.11 Å². The summed E-state index contributed by atoms with van der Waals surface area (Å²) in [6.45, 7) is 4.34. The molecule has 0 rings (SSSR count). The second kappa shape index (κ2) is 9.86. The van der Waals surface area contributed by atoms with E-state index in [1.165, 1.54) is 0 Å². The van der Waals surface area contributed by atoms with Gasteiger partial charge in [-0.05, 0) is 26.2 Å². The minimum absolute atomic E-state index is 0.0874. The van der Waals surface area contributed by atoms with E-state index in [4.69, 9.17) is 14.7 Å². The fourth-order valence-corrected chi connectivity index (χ4v) is 1.14. The number of esters is 1. The Balaban J connectivity index is 4.08. The molecule has 0 radical (unpaired) electrons. The lowest BCUT2D eigenvalue weighted by molar-refractivity contribution is -0.138. The molecular weight excluding hydrogens is 218 g/mol. The maximum atomic E-state index is 11.5. The molecular formula is C13H21NO3. The summed E-state index contributed by atoms with van der Waals surface area (Å²) >= 11 is 0. The van der Waals surface area contributed by atoms with Crippen molar-refractivity contribution in [2.24, 2.45) is 0 Å². The molecule has 0 amide bonds. The molecule has 0 spiro atoms. The molecule has 0 N–H and O–H groups in total. The van der Waals surface area contributed by atoms with Crippen molar-refractivity contribution in [2.75, 3.05) is 13.7 Å². The zero-order valence-corrected chi connectivity index (χ0v) is 10.9. The molecule has 4 heteroatoms. The summed E-state index contributed by atoms with van der Waals surface area (Å²) in [7, 11) is 1.64. The number of unbranched alkanes of at least 4 members (excludes halogenated alkanes) is 1. The van der Waals surface area contributed by atoms with Crippen LogP contribution in [-0.2, 0) is 14.3 Å². The van der Waals surface area contributed by atoms with Crippen molar-refractivity contribution in [2.45, 2.75) is 45.6 Å². The number of hydrogen-bond acceptors (Lipinski definition) is 4. The van der Waals surface area contributed by atoms with Crippen LogP contribution in [0.3, 0.4) is 0 Å². The Bertz CT molecular complexity index is 292. The Morgan fingerprint density at radius 1 is 1.53 bits per heavy atom. The summed E-state index contributed by atoms with van der Waals surface area (Å²) in [5, 5.41) is 8.83. The first-order chi connectivity index (χ1) is 8.15. The quantitative estimate of drug-likeness (QED) is 0.283. The molecule has 0 aliphatic heterocycles. The molecule has 0 aliphatic carbocycles. The average molecular weight is 239 g/mol. The summed E-state index contributed by atoms with van der Waals surface area (Å²) in [6.07, 6.45) is 4.95. The lowest BCUT2D eigenvalue weighted by Crippen LogP contribution is -2.08. The minimum atomic E-state index is -0.522. The van der Waals surface area contributed by atoms with Gasteiger partial charge in [-0.1, -0.05) is 19.4 Å². The van der Waals surface area contributed by atoms with E-state index in [0.29, 0.717) is 13.0 Å². The van der Waals surface area contributed by atoms with Gasteiger partial charge in [-0.15, -0.1) is 0 Å². The number of nitriles is 1. The van der Waals surface area contributed by atoms with Crippen molar-refractivity contribution in [3.8, 4) is 6.07 Å². The maximum Gasteiger partial charge on any atom is 0.348 e. The minimum Gasteiger partial charge on any atom is -0.462 e. The molecule has 0 heterocycles. The van der Waals surface area contributed by atoms with Crippen LogP contribution in [0.1, 0.15) is 39.5 Å². The molecule has 0 aromatic carbocycles. The number of methoxy groups -OCH3 is 1. The van der Waals surface area contributed by atoms with Crippen LogP contribution in [0, 0.1) is 11.3 Å². The van der Waals surface area contributed by atoms with Gasteiger partial charge in [-0.25, -0.2) is 4.79 Å². The van der Waals surface area contributed by atoms with E-state index in [2.05, 4.69) is 0 Å². The molecule has 0 saturated carbocycles. The number of ether oxygens (including phenoxy) is 2. The van der Waals surface area contributed by atoms with Crippen LogP contribution >= 0.6 is 0 Å². The highest BCUT2D eigenvalue weighted by Crippen LogP contribution is 2.05. The van der Waals surface area contributed by atoms with E-state index in [1.54, 1.807) is 13.2 Å². The third-order valence-corrected chi connectivity index (χ3v) is 2.40. The highest BCUT2D eigenvalue weighted by atomic mass is 16.5. The summed E-state index contributed by atoms with van der Waals surface area (Å²) < 4.78 is 10.0. The molecule has 96 valence electrons. The van der Waals surface area contributed by atoms with Gasteiger partial charge in [0.05, 0.1) is 12.7 Å². The van der Waals surface area contributed by atoms with Crippen LogP contribution in [0.15, 0.2) is 11.6 Å². The van der Waals surface area contributed by atoms with Crippen molar-refractivity contribution in [3.05, 3.63) is 11.6 Å². The van der Waals surface area contributed by atoms with Gasteiger partial charge in [0.1, 0.15) is 11.6 Å². The lowest BCUT2D eigenvalue weighted by Gasteiger charge is -2.06. The van der Waals surface area contributed by atoms with E-state index in [0.717, 1.165) is 19.3 Å². The molecule has 17 heavy (non-hydrogen) atoms. The first-order valence-corrected chi connectivity index (χ1v) is 5.95. The fourth-order valence-electron chi connectivity index (χ4n) is 1.14. The first kappa shape index (κ1) is 15.7. The zero-order valence-electron chi connectivity index (χ0n) is 10.9. The van der Waals surface area contributed by atoms with Crippen molar-refractivity contribution >= 4 is 5.97 Å². The Hall–Kier alpha value is -1.34. The highest BCUT2D eigenvalue weighted by molar-refractivity contribution is 5.92. The maximum absolute atomic E-state index is 11.5. The third kappa shape index (κ3) is 7.53. The predicted octanol–water partition coefficient (Wildman–Crippen LogP) is 2.59. The van der Waals surface area contributed by atoms with Crippen LogP contribution < -0.4 is 0 Å². The van der Waals surface area contributed by atoms with Gasteiger partial charge >= 0.3 is 5.97 Å². The first-order valence-electron chi connectivity index (χ1n) is 5.95. The molecule has 0 bridgehead atoms. The Labute approximate surface area is 103 Å². The fraction of sp³-hybridized carbons (Fsp3) is 0.692. The van der Waals surface area contributed by atoms with Crippen LogP contribution in [0.5, 0.6) is 0 Å². The summed E-state index contributed by atoms with van der Waals surface area (Å²) in [5.41, 5.74) is 0.0874. The number of rotatable bonds is 8. The van der Waals surface area contributed by atoms with E-state index < -0.39 is 5.97 Å². The number of carbonyl (C=O) groups excluding carboxylic acids is 1. The third-order valence-electron chi connectivity index (χ3n) is 2.40. The van der Waals surface area contributed by atoms with Crippen LogP contribution in [0.25, 0.3) is 0 Å². The van der Waals surface area contributed by atoms with Crippen molar-refractivity contribution in [1.82, 2.24) is 0 Å². The van der Waals surface area contributed by atoms with Gasteiger partial charge in [0.25, 0.3) is 0 Å². The zero-order chi connectivity index (χ0) is 13.1. The van der Waals surface area contributed by atoms with Crippen molar-refractivity contribution < 1.29 is 14.3 Å². The monoisotopic (exact) mass is 239 g/mol. The number of allylic oxidation sites excluding steroid dienone is 1. The van der Waals surface area contributed by atoms with Crippen LogP contribution in [0.2, 0.25) is 0 Å². The number of nitrogens with zero attached hydrogens (tertiary/aromatic N) is 1. The average Bonchev–Trinajstić information content (AvgIpc) is 2.34. The van der Waals surface area contributed by atoms with E-state index in [-0.39, 0.29) is 11.7 Å². The molecule has 4 nitrogen and oxygen atoms in total. The van der Waals surface area contributed by atoms with Crippen molar-refractivity contribution in [3.63, 3.8) is 0 Å². The van der Waals surface area contributed by atoms with Crippen LogP contribution in [-0.4, -0.2) is 25.8 Å². The summed E-state index contributed by atoms with van der Waals surface area (Å²) in [5.74, 6) is -0.522. The van der Waals surface area contributed by atoms with E-state index in [9.17, 15) is 4.79 Å². The lowest BCUT2D eigenvalue weighted by atomic mass is 10.1. The Morgan fingerprint density at radius 3 is 2.76 bits per heavy atom. The molecule has 1 atom stereocenters. The SMILES string of the molecule is CCCCOC(=O)C(C#N)=CCCC(C)OC. The van der Waals surface area contributed by atoms with E-state index in [1.807, 2.05) is 19.9 Å². The van der Waals surface area contributed by atoms with Crippen LogP contribution in [0.4, 0.5) is 0 Å². The second-order valence-electron chi connectivity index (χ2n) is 3.84. The molecule has 1 unspecified atom stereocenters. The number of carbonyl (C=O) groups is 1. The molecule has 0 aliphatic rings. The van der Waals surface area contributed by atoms with Gasteiger partial charge in [-0.2, -0.15) is 5.26 Å². The van der Waals surface area contributed by atoms with Gasteiger partial charge < -0.3 is 9.47 Å². The Kier molecular flexibility index (Phi) is 9.08. The second-order valence-corrected chi connectivity index (χ2v) is 3.84. The number of hydrogen-bond donors (Lipinski definition) is 0. The van der Waals surface area contributed by atoms with Gasteiger partial charge in [0.2, 0.25) is 0 Å². The van der Waals surface area contributed by atoms with Gasteiger partial charge in [-0.3, -0.25) is 0 Å². The largest absolute Gasteiger partial charge is 0.462 e. The summed E-state index contributed by atoms with van der Waals surface area (Å²) in [4.78, 5) is 11.5. The molecule has 0 saturated heterocycles. The summed E-state index contributed by atoms with van der Waals surface area (Å²) in [6, 6.07) is 1.87. The topological polar surface area (TPSA) is 59.3 Å². The van der Waals surface area contributed by atoms with E-state index >= 15 is 0 Å². The standard InChI is InChI=1S/C13H21NO3/c1-4-5-9-17-13(15)12(10-14)8-6-7-11(2)16-3/h8,11H,4-7,9H2,1-3H3. The smallest absolute Gasteiger partial charge is 0.348 e. The molecule has 0 aromatic rings. The van der Waals surface area contributed by atoms with Gasteiger partial charge in [0.15, 0.2) is 0 Å². The molecule has 0 aromatic heterocycles. The Morgan fingerprint density at radius 2 is 2.24 bits per heavy atom. The predicted molar refractivity (Wildman–Crippen MR) is 65.3 cm³/mol.